The van der Waals surface area contributed by atoms with Crippen LogP contribution in [-0.4, -0.2) is 35.1 Å². The Labute approximate surface area is 115 Å². The molecule has 1 N–H and O–H groups in total. The summed E-state index contributed by atoms with van der Waals surface area (Å²) in [4.78, 5) is 6.38. The molecule has 0 aromatic carbocycles. The van der Waals surface area contributed by atoms with Crippen LogP contribution < -0.4 is 5.32 Å². The summed E-state index contributed by atoms with van der Waals surface area (Å²) in [5, 5.41) is 3.61. The zero-order chi connectivity index (χ0) is 13.7. The van der Waals surface area contributed by atoms with Crippen molar-refractivity contribution >= 4 is 0 Å². The number of hydrogen-bond donors (Lipinski definition) is 1. The summed E-state index contributed by atoms with van der Waals surface area (Å²) < 4.78 is 13.2. The SMILES string of the molecule is CCCC1CN(Cc2cncc(F)c2)C(C)CCN1. The Kier molecular flexibility index (Phi) is 5.28. The third-order valence-corrected chi connectivity index (χ3v) is 3.86. The molecule has 2 unspecified atom stereocenters. The second-order valence-electron chi connectivity index (χ2n) is 5.52. The van der Waals surface area contributed by atoms with E-state index in [1.807, 2.05) is 0 Å². The number of halogens is 1. The van der Waals surface area contributed by atoms with E-state index in [1.54, 1.807) is 12.3 Å². The van der Waals surface area contributed by atoms with Gasteiger partial charge in [0.05, 0.1) is 6.20 Å². The van der Waals surface area contributed by atoms with E-state index >= 15 is 0 Å². The highest BCUT2D eigenvalue weighted by molar-refractivity contribution is 5.10. The highest BCUT2D eigenvalue weighted by atomic mass is 19.1. The van der Waals surface area contributed by atoms with Crippen LogP contribution in [0.25, 0.3) is 0 Å². The summed E-state index contributed by atoms with van der Waals surface area (Å²) >= 11 is 0. The van der Waals surface area contributed by atoms with Gasteiger partial charge in [0.15, 0.2) is 0 Å². The second-order valence-corrected chi connectivity index (χ2v) is 5.52. The molecule has 0 bridgehead atoms. The summed E-state index contributed by atoms with van der Waals surface area (Å²) in [7, 11) is 0. The van der Waals surface area contributed by atoms with Crippen LogP contribution >= 0.6 is 0 Å². The van der Waals surface area contributed by atoms with Crippen LogP contribution in [0.15, 0.2) is 18.5 Å². The average Bonchev–Trinajstić information content (AvgIpc) is 2.53. The molecule has 2 heterocycles. The first-order valence-corrected chi connectivity index (χ1v) is 7.26. The van der Waals surface area contributed by atoms with Crippen LogP contribution in [-0.2, 0) is 6.54 Å². The first-order valence-electron chi connectivity index (χ1n) is 7.26. The Balaban J connectivity index is 2.02. The molecule has 1 aromatic heterocycles. The molecule has 3 nitrogen and oxygen atoms in total. The molecule has 1 saturated heterocycles. The molecule has 0 saturated carbocycles. The van der Waals surface area contributed by atoms with Gasteiger partial charge >= 0.3 is 0 Å². The zero-order valence-electron chi connectivity index (χ0n) is 11.9. The third-order valence-electron chi connectivity index (χ3n) is 3.86. The maximum Gasteiger partial charge on any atom is 0.141 e. The summed E-state index contributed by atoms with van der Waals surface area (Å²) in [6.45, 7) is 7.36. The lowest BCUT2D eigenvalue weighted by Gasteiger charge is -2.29. The lowest BCUT2D eigenvalue weighted by Crippen LogP contribution is -2.39. The van der Waals surface area contributed by atoms with Crippen molar-refractivity contribution in [2.24, 2.45) is 0 Å². The van der Waals surface area contributed by atoms with Crippen molar-refractivity contribution in [3.8, 4) is 0 Å². The van der Waals surface area contributed by atoms with Gasteiger partial charge in [-0.05, 0) is 37.9 Å². The molecule has 0 amide bonds. The van der Waals surface area contributed by atoms with E-state index in [0.29, 0.717) is 12.1 Å². The van der Waals surface area contributed by atoms with E-state index in [1.165, 1.54) is 19.0 Å². The van der Waals surface area contributed by atoms with Crippen molar-refractivity contribution in [1.29, 1.82) is 0 Å². The van der Waals surface area contributed by atoms with Crippen molar-refractivity contribution in [1.82, 2.24) is 15.2 Å². The van der Waals surface area contributed by atoms with Gasteiger partial charge in [-0.1, -0.05) is 13.3 Å². The fourth-order valence-electron chi connectivity index (χ4n) is 2.75. The molecule has 4 heteroatoms. The minimum Gasteiger partial charge on any atom is -0.313 e. The molecule has 0 aliphatic carbocycles. The van der Waals surface area contributed by atoms with Gasteiger partial charge < -0.3 is 5.32 Å². The molecule has 1 aliphatic heterocycles. The monoisotopic (exact) mass is 265 g/mol. The lowest BCUT2D eigenvalue weighted by atomic mass is 10.1. The van der Waals surface area contributed by atoms with Crippen LogP contribution in [0.1, 0.15) is 38.7 Å². The van der Waals surface area contributed by atoms with Gasteiger partial charge in [0.1, 0.15) is 5.82 Å². The maximum absolute atomic E-state index is 13.2. The predicted molar refractivity (Wildman–Crippen MR) is 75.4 cm³/mol. The first-order chi connectivity index (χ1) is 9.19. The Morgan fingerprint density at radius 3 is 3.05 bits per heavy atom. The largest absolute Gasteiger partial charge is 0.313 e. The van der Waals surface area contributed by atoms with E-state index in [2.05, 4.69) is 29.0 Å². The molecule has 2 atom stereocenters. The van der Waals surface area contributed by atoms with Gasteiger partial charge in [-0.3, -0.25) is 9.88 Å². The minimum absolute atomic E-state index is 0.247. The Morgan fingerprint density at radius 1 is 1.47 bits per heavy atom. The molecule has 0 radical (unpaired) electrons. The van der Waals surface area contributed by atoms with E-state index < -0.39 is 0 Å². The van der Waals surface area contributed by atoms with Gasteiger partial charge in [-0.25, -0.2) is 4.39 Å². The fraction of sp³-hybridized carbons (Fsp3) is 0.667. The van der Waals surface area contributed by atoms with Crippen molar-refractivity contribution in [2.75, 3.05) is 13.1 Å². The predicted octanol–water partition coefficient (Wildman–Crippen LogP) is 2.57. The number of hydrogen-bond acceptors (Lipinski definition) is 3. The van der Waals surface area contributed by atoms with Crippen LogP contribution in [0.4, 0.5) is 4.39 Å². The molecule has 2 rings (SSSR count). The van der Waals surface area contributed by atoms with E-state index in [0.717, 1.165) is 31.6 Å². The first kappa shape index (κ1) is 14.4. The molecular formula is C15H24FN3. The summed E-state index contributed by atoms with van der Waals surface area (Å²) in [5.74, 6) is -0.247. The number of aromatic nitrogens is 1. The average molecular weight is 265 g/mol. The van der Waals surface area contributed by atoms with Crippen LogP contribution in [0.3, 0.4) is 0 Å². The number of rotatable bonds is 4. The van der Waals surface area contributed by atoms with Gasteiger partial charge in [0.25, 0.3) is 0 Å². The normalized spacial score (nSPS) is 25.2. The molecule has 1 fully saturated rings. The highest BCUT2D eigenvalue weighted by Gasteiger charge is 2.22. The minimum atomic E-state index is -0.247. The zero-order valence-corrected chi connectivity index (χ0v) is 11.9. The second kappa shape index (κ2) is 6.96. The maximum atomic E-state index is 13.2. The van der Waals surface area contributed by atoms with Gasteiger partial charge in [-0.15, -0.1) is 0 Å². The summed E-state index contributed by atoms with van der Waals surface area (Å²) in [6.07, 6.45) is 6.56. The smallest absolute Gasteiger partial charge is 0.141 e. The van der Waals surface area contributed by atoms with Gasteiger partial charge in [0.2, 0.25) is 0 Å². The van der Waals surface area contributed by atoms with Crippen molar-refractivity contribution in [3.05, 3.63) is 29.8 Å². The fourth-order valence-corrected chi connectivity index (χ4v) is 2.75. The lowest BCUT2D eigenvalue weighted by molar-refractivity contribution is 0.193. The summed E-state index contributed by atoms with van der Waals surface area (Å²) in [5.41, 5.74) is 0.962. The van der Waals surface area contributed by atoms with Crippen molar-refractivity contribution < 1.29 is 4.39 Å². The molecule has 0 spiro atoms. The molecule has 1 aliphatic rings. The molecule has 1 aromatic rings. The topological polar surface area (TPSA) is 28.2 Å². The molecule has 19 heavy (non-hydrogen) atoms. The summed E-state index contributed by atoms with van der Waals surface area (Å²) in [6, 6.07) is 2.67. The van der Waals surface area contributed by atoms with E-state index in [4.69, 9.17) is 0 Å². The number of nitrogens with one attached hydrogen (secondary N) is 1. The number of pyridine rings is 1. The quantitative estimate of drug-likeness (QED) is 0.907. The third kappa shape index (κ3) is 4.25. The molecule has 106 valence electrons. The van der Waals surface area contributed by atoms with Gasteiger partial charge in [0, 0.05) is 31.4 Å². The highest BCUT2D eigenvalue weighted by Crippen LogP contribution is 2.15. The Morgan fingerprint density at radius 2 is 2.32 bits per heavy atom. The standard InChI is InChI=1S/C15H24FN3/c1-3-4-15-11-19(12(2)5-6-18-15)10-13-7-14(16)9-17-8-13/h7-9,12,15,18H,3-6,10-11H2,1-2H3. The van der Waals surface area contributed by atoms with Crippen molar-refractivity contribution in [2.45, 2.75) is 51.7 Å². The van der Waals surface area contributed by atoms with Crippen LogP contribution in [0.2, 0.25) is 0 Å². The van der Waals surface area contributed by atoms with Crippen LogP contribution in [0, 0.1) is 5.82 Å². The van der Waals surface area contributed by atoms with Crippen molar-refractivity contribution in [3.63, 3.8) is 0 Å². The van der Waals surface area contributed by atoms with Gasteiger partial charge in [-0.2, -0.15) is 0 Å². The Bertz CT molecular complexity index is 397. The Hall–Kier alpha value is -1.00. The number of nitrogens with zero attached hydrogens (tertiary/aromatic N) is 2. The van der Waals surface area contributed by atoms with Crippen LogP contribution in [0.5, 0.6) is 0 Å². The van der Waals surface area contributed by atoms with E-state index in [9.17, 15) is 4.39 Å². The molecular weight excluding hydrogens is 241 g/mol. The van der Waals surface area contributed by atoms with E-state index in [-0.39, 0.29) is 5.82 Å².